The molecule has 22 heavy (non-hydrogen) atoms. The SMILES string of the molecule is O=C(Nc1ccc2[nH]ncc2c1)C(Br)c1ccc(F)c(F)c1. The summed E-state index contributed by atoms with van der Waals surface area (Å²) < 4.78 is 26.2. The van der Waals surface area contributed by atoms with Crippen molar-refractivity contribution in [3.05, 3.63) is 59.8 Å². The van der Waals surface area contributed by atoms with Crippen molar-refractivity contribution in [3.63, 3.8) is 0 Å². The molecule has 1 amide bonds. The summed E-state index contributed by atoms with van der Waals surface area (Å²) in [6, 6.07) is 8.62. The number of nitrogens with one attached hydrogen (secondary N) is 2. The molecule has 1 aromatic heterocycles. The number of carbonyl (C=O) groups is 1. The van der Waals surface area contributed by atoms with Crippen LogP contribution >= 0.6 is 15.9 Å². The molecular weight excluding hydrogens is 356 g/mol. The van der Waals surface area contributed by atoms with Crippen molar-refractivity contribution < 1.29 is 13.6 Å². The van der Waals surface area contributed by atoms with Crippen molar-refractivity contribution in [3.8, 4) is 0 Å². The molecule has 112 valence electrons. The second-order valence-electron chi connectivity index (χ2n) is 4.70. The summed E-state index contributed by atoms with van der Waals surface area (Å²) in [7, 11) is 0. The molecule has 0 aliphatic heterocycles. The van der Waals surface area contributed by atoms with Gasteiger partial charge < -0.3 is 5.32 Å². The van der Waals surface area contributed by atoms with Crippen LogP contribution < -0.4 is 5.32 Å². The van der Waals surface area contributed by atoms with E-state index in [1.807, 2.05) is 0 Å². The average molecular weight is 366 g/mol. The third kappa shape index (κ3) is 2.85. The number of hydrogen-bond acceptors (Lipinski definition) is 2. The maximum absolute atomic E-state index is 13.2. The Morgan fingerprint density at radius 2 is 2.00 bits per heavy atom. The summed E-state index contributed by atoms with van der Waals surface area (Å²) in [5, 5.41) is 10.3. The van der Waals surface area contributed by atoms with E-state index in [9.17, 15) is 13.6 Å². The molecule has 1 heterocycles. The van der Waals surface area contributed by atoms with Gasteiger partial charge in [-0.05, 0) is 35.9 Å². The number of alkyl halides is 1. The number of halogens is 3. The number of H-pyrrole nitrogens is 1. The summed E-state index contributed by atoms with van der Waals surface area (Å²) in [5.74, 6) is -2.32. The molecule has 2 aromatic carbocycles. The van der Waals surface area contributed by atoms with E-state index in [0.29, 0.717) is 11.3 Å². The van der Waals surface area contributed by atoms with Crippen molar-refractivity contribution in [2.45, 2.75) is 4.83 Å². The molecule has 4 nitrogen and oxygen atoms in total. The highest BCUT2D eigenvalue weighted by Gasteiger charge is 2.19. The van der Waals surface area contributed by atoms with E-state index in [1.165, 1.54) is 6.07 Å². The number of amides is 1. The van der Waals surface area contributed by atoms with Crippen LogP contribution in [0.1, 0.15) is 10.4 Å². The van der Waals surface area contributed by atoms with Crippen LogP contribution in [-0.2, 0) is 4.79 Å². The zero-order chi connectivity index (χ0) is 15.7. The molecule has 1 unspecified atom stereocenters. The Labute approximate surface area is 132 Å². The lowest BCUT2D eigenvalue weighted by molar-refractivity contribution is -0.115. The molecule has 3 rings (SSSR count). The number of hydrogen-bond donors (Lipinski definition) is 2. The minimum Gasteiger partial charge on any atom is -0.325 e. The van der Waals surface area contributed by atoms with E-state index in [-0.39, 0.29) is 5.91 Å². The van der Waals surface area contributed by atoms with Crippen LogP contribution in [0.15, 0.2) is 42.6 Å². The Kier molecular flexibility index (Phi) is 3.89. The molecule has 1 atom stereocenters. The highest BCUT2D eigenvalue weighted by atomic mass is 79.9. The summed E-state index contributed by atoms with van der Waals surface area (Å²) in [6.45, 7) is 0. The largest absolute Gasteiger partial charge is 0.325 e. The topological polar surface area (TPSA) is 57.8 Å². The number of aromatic amines is 1. The van der Waals surface area contributed by atoms with Gasteiger partial charge in [-0.15, -0.1) is 0 Å². The molecule has 0 spiro atoms. The molecule has 0 radical (unpaired) electrons. The van der Waals surface area contributed by atoms with Gasteiger partial charge in [0.05, 0.1) is 11.7 Å². The molecule has 0 aliphatic rings. The molecular formula is C15H10BrF2N3O. The van der Waals surface area contributed by atoms with Crippen LogP contribution in [0, 0.1) is 11.6 Å². The fraction of sp³-hybridized carbons (Fsp3) is 0.0667. The first kappa shape index (κ1) is 14.6. The van der Waals surface area contributed by atoms with Gasteiger partial charge in [0, 0.05) is 11.1 Å². The lowest BCUT2D eigenvalue weighted by atomic mass is 10.1. The van der Waals surface area contributed by atoms with Crippen LogP contribution in [0.4, 0.5) is 14.5 Å². The number of anilines is 1. The third-order valence-electron chi connectivity index (χ3n) is 3.17. The second kappa shape index (κ2) is 5.84. The van der Waals surface area contributed by atoms with Crippen molar-refractivity contribution in [2.24, 2.45) is 0 Å². The smallest absolute Gasteiger partial charge is 0.242 e. The van der Waals surface area contributed by atoms with Crippen molar-refractivity contribution >= 4 is 38.4 Å². The first-order chi connectivity index (χ1) is 10.5. The molecule has 0 saturated carbocycles. The number of carbonyl (C=O) groups excluding carboxylic acids is 1. The predicted octanol–water partition coefficient (Wildman–Crippen LogP) is 3.92. The van der Waals surface area contributed by atoms with E-state index in [1.54, 1.807) is 24.4 Å². The third-order valence-corrected chi connectivity index (χ3v) is 4.12. The first-order valence-corrected chi connectivity index (χ1v) is 7.29. The minimum absolute atomic E-state index is 0.334. The van der Waals surface area contributed by atoms with Gasteiger partial charge in [-0.2, -0.15) is 5.10 Å². The number of aromatic nitrogens is 2. The van der Waals surface area contributed by atoms with Gasteiger partial charge in [-0.25, -0.2) is 8.78 Å². The van der Waals surface area contributed by atoms with Crippen LogP contribution in [-0.4, -0.2) is 16.1 Å². The summed E-state index contributed by atoms with van der Waals surface area (Å²) >= 11 is 3.19. The first-order valence-electron chi connectivity index (χ1n) is 6.37. The predicted molar refractivity (Wildman–Crippen MR) is 82.7 cm³/mol. The zero-order valence-electron chi connectivity index (χ0n) is 11.1. The standard InChI is InChI=1S/C15H10BrF2N3O/c16-14(8-1-3-11(17)12(18)6-8)15(22)20-10-2-4-13-9(5-10)7-19-21-13/h1-7,14H,(H,19,21)(H,20,22). The Balaban J connectivity index is 1.79. The Hall–Kier alpha value is -2.28. The van der Waals surface area contributed by atoms with Crippen molar-refractivity contribution in [2.75, 3.05) is 5.32 Å². The molecule has 0 saturated heterocycles. The lowest BCUT2D eigenvalue weighted by Gasteiger charge is -2.11. The Bertz CT molecular complexity index is 850. The van der Waals surface area contributed by atoms with Gasteiger partial charge in [0.25, 0.3) is 0 Å². The fourth-order valence-corrected chi connectivity index (χ4v) is 2.45. The normalized spacial score (nSPS) is 12.3. The molecule has 0 fully saturated rings. The maximum atomic E-state index is 13.2. The van der Waals surface area contributed by atoms with Gasteiger partial charge in [-0.3, -0.25) is 9.89 Å². The van der Waals surface area contributed by atoms with Crippen LogP contribution in [0.2, 0.25) is 0 Å². The van der Waals surface area contributed by atoms with Crippen LogP contribution in [0.25, 0.3) is 10.9 Å². The number of rotatable bonds is 3. The maximum Gasteiger partial charge on any atom is 0.242 e. The highest BCUT2D eigenvalue weighted by molar-refractivity contribution is 9.09. The van der Waals surface area contributed by atoms with Gasteiger partial charge >= 0.3 is 0 Å². The Morgan fingerprint density at radius 1 is 1.18 bits per heavy atom. The van der Waals surface area contributed by atoms with E-state index >= 15 is 0 Å². The van der Waals surface area contributed by atoms with Crippen LogP contribution in [0.3, 0.4) is 0 Å². The van der Waals surface area contributed by atoms with E-state index in [4.69, 9.17) is 0 Å². The zero-order valence-corrected chi connectivity index (χ0v) is 12.7. The Morgan fingerprint density at radius 3 is 2.77 bits per heavy atom. The quantitative estimate of drug-likeness (QED) is 0.691. The molecule has 3 aromatic rings. The highest BCUT2D eigenvalue weighted by Crippen LogP contribution is 2.26. The number of benzene rings is 2. The van der Waals surface area contributed by atoms with Crippen molar-refractivity contribution in [1.29, 1.82) is 0 Å². The second-order valence-corrected chi connectivity index (χ2v) is 5.61. The van der Waals surface area contributed by atoms with E-state index in [0.717, 1.165) is 23.0 Å². The fourth-order valence-electron chi connectivity index (χ4n) is 2.05. The molecule has 0 aliphatic carbocycles. The minimum atomic E-state index is -0.991. The summed E-state index contributed by atoms with van der Waals surface area (Å²) in [6.07, 6.45) is 1.64. The van der Waals surface area contributed by atoms with Gasteiger partial charge in [-0.1, -0.05) is 22.0 Å². The van der Waals surface area contributed by atoms with E-state index < -0.39 is 16.5 Å². The van der Waals surface area contributed by atoms with Gasteiger partial charge in [0.1, 0.15) is 4.83 Å². The number of fused-ring (bicyclic) bond motifs is 1. The molecule has 2 N–H and O–H groups in total. The van der Waals surface area contributed by atoms with Gasteiger partial charge in [0.15, 0.2) is 11.6 Å². The van der Waals surface area contributed by atoms with Crippen LogP contribution in [0.5, 0.6) is 0 Å². The summed E-state index contributed by atoms with van der Waals surface area (Å²) in [5.41, 5.74) is 1.78. The van der Waals surface area contributed by atoms with Crippen molar-refractivity contribution in [1.82, 2.24) is 10.2 Å². The average Bonchev–Trinajstić information content (AvgIpc) is 2.97. The van der Waals surface area contributed by atoms with Gasteiger partial charge in [0.2, 0.25) is 5.91 Å². The van der Waals surface area contributed by atoms with E-state index in [2.05, 4.69) is 31.4 Å². The monoisotopic (exact) mass is 365 g/mol. The molecule has 0 bridgehead atoms. The summed E-state index contributed by atoms with van der Waals surface area (Å²) in [4.78, 5) is 11.4. The lowest BCUT2D eigenvalue weighted by Crippen LogP contribution is -2.17. The molecule has 7 heteroatoms. The number of nitrogens with zero attached hydrogens (tertiary/aromatic N) is 1.